The van der Waals surface area contributed by atoms with E-state index in [1.807, 2.05) is 6.92 Å². The van der Waals surface area contributed by atoms with Gasteiger partial charge < -0.3 is 0 Å². The Balaban J connectivity index is 1.66. The minimum atomic E-state index is -0.735. The van der Waals surface area contributed by atoms with Gasteiger partial charge in [-0.3, -0.25) is 19.8 Å². The maximum Gasteiger partial charge on any atom is 0.351 e. The molecule has 0 saturated carbocycles. The predicted octanol–water partition coefficient (Wildman–Crippen LogP) is 1.73. The van der Waals surface area contributed by atoms with Crippen LogP contribution in [0.4, 0.5) is 9.93 Å². The number of carbonyl (C=O) groups is 3. The van der Waals surface area contributed by atoms with Crippen molar-refractivity contribution in [3.63, 3.8) is 0 Å². The van der Waals surface area contributed by atoms with Crippen molar-refractivity contribution in [2.75, 3.05) is 17.6 Å². The van der Waals surface area contributed by atoms with Crippen LogP contribution < -0.4 is 5.32 Å². The first-order valence-electron chi connectivity index (χ1n) is 7.13. The van der Waals surface area contributed by atoms with Gasteiger partial charge in [0, 0.05) is 0 Å². The monoisotopic (exact) mass is 363 g/mol. The first-order chi connectivity index (χ1) is 11.6. The number of thioether (sulfide) groups is 1. The molecule has 124 valence electrons. The van der Waals surface area contributed by atoms with Crippen LogP contribution >= 0.6 is 23.1 Å². The number of nitrogens with one attached hydrogen (secondary N) is 1. The number of hydrogen-bond donors (Lipinski definition) is 1. The summed E-state index contributed by atoms with van der Waals surface area (Å²) in [4.78, 5) is 41.2. The molecule has 1 atom stereocenters. The lowest BCUT2D eigenvalue weighted by molar-refractivity contribution is -0.132. The summed E-state index contributed by atoms with van der Waals surface area (Å²) in [5.41, 5.74) is 0.398. The van der Waals surface area contributed by atoms with Crippen LogP contribution in [0.2, 0.25) is 0 Å². The van der Waals surface area contributed by atoms with Gasteiger partial charge in [0.15, 0.2) is 4.34 Å². The van der Waals surface area contributed by atoms with Crippen LogP contribution in [0.1, 0.15) is 6.92 Å². The molecule has 0 radical (unpaired) electrons. The van der Waals surface area contributed by atoms with Crippen LogP contribution in [0.3, 0.4) is 0 Å². The van der Waals surface area contributed by atoms with Crippen molar-refractivity contribution in [2.24, 2.45) is 10.9 Å². The number of fused-ring (bicyclic) bond motifs is 1. The van der Waals surface area contributed by atoms with E-state index in [2.05, 4.69) is 20.5 Å². The van der Waals surface area contributed by atoms with E-state index in [0.717, 1.165) is 15.0 Å². The molecule has 0 saturated heterocycles. The average Bonchev–Trinajstić information content (AvgIpc) is 2.99. The summed E-state index contributed by atoms with van der Waals surface area (Å²) in [5.74, 6) is -0.743. The highest BCUT2D eigenvalue weighted by atomic mass is 32.2. The summed E-state index contributed by atoms with van der Waals surface area (Å²) in [7, 11) is 0. The standard InChI is InChI=1S/C14H13N5O3S2/c1-2-23-14-18-17-12(24-14)16-10(20)7-19-11(21)8-5-3-4-6-9(8)15-13(19)22/h3-6,8H,2,7H2,1H3,(H,16,17,20). The third kappa shape index (κ3) is 3.44. The number of carbonyl (C=O) groups excluding carboxylic acids is 3. The van der Waals surface area contributed by atoms with Gasteiger partial charge in [-0.15, -0.1) is 10.2 Å². The molecule has 2 heterocycles. The lowest BCUT2D eigenvalue weighted by Gasteiger charge is -2.27. The molecule has 0 aromatic carbocycles. The van der Waals surface area contributed by atoms with Crippen LogP contribution in [-0.4, -0.2) is 51.0 Å². The quantitative estimate of drug-likeness (QED) is 0.631. The lowest BCUT2D eigenvalue weighted by Crippen LogP contribution is -2.48. The van der Waals surface area contributed by atoms with Crippen LogP contribution in [-0.2, 0) is 9.59 Å². The van der Waals surface area contributed by atoms with Crippen LogP contribution in [0, 0.1) is 5.92 Å². The molecule has 0 bridgehead atoms. The number of amides is 4. The molecule has 8 nitrogen and oxygen atoms in total. The van der Waals surface area contributed by atoms with Gasteiger partial charge in [0.2, 0.25) is 16.9 Å². The summed E-state index contributed by atoms with van der Waals surface area (Å²) in [5, 5.41) is 10.6. The number of hydrogen-bond acceptors (Lipinski definition) is 7. The van der Waals surface area contributed by atoms with Gasteiger partial charge in [0.05, 0.1) is 11.6 Å². The Hall–Kier alpha value is -2.33. The topological polar surface area (TPSA) is 105 Å². The van der Waals surface area contributed by atoms with E-state index in [9.17, 15) is 14.4 Å². The van der Waals surface area contributed by atoms with Crippen molar-refractivity contribution >= 4 is 51.8 Å². The Morgan fingerprint density at radius 1 is 1.38 bits per heavy atom. The Labute approximate surface area is 145 Å². The highest BCUT2D eigenvalue weighted by molar-refractivity contribution is 8.01. The van der Waals surface area contributed by atoms with Gasteiger partial charge in [-0.05, 0) is 11.8 Å². The number of anilines is 1. The highest BCUT2D eigenvalue weighted by Gasteiger charge is 2.36. The molecule has 1 aromatic heterocycles. The van der Waals surface area contributed by atoms with Gasteiger partial charge in [-0.2, -0.15) is 4.99 Å². The van der Waals surface area contributed by atoms with Crippen molar-refractivity contribution in [2.45, 2.75) is 11.3 Å². The zero-order valence-corrected chi connectivity index (χ0v) is 14.3. The second-order valence-corrected chi connectivity index (χ2v) is 7.31. The third-order valence-corrected chi connectivity index (χ3v) is 5.06. The summed E-state index contributed by atoms with van der Waals surface area (Å²) < 4.78 is 0.742. The number of imide groups is 1. The van der Waals surface area contributed by atoms with E-state index in [-0.39, 0.29) is 0 Å². The fourth-order valence-electron chi connectivity index (χ4n) is 2.17. The van der Waals surface area contributed by atoms with Crippen LogP contribution in [0.25, 0.3) is 0 Å². The number of aliphatic imine (C=N–C) groups is 1. The summed E-state index contributed by atoms with van der Waals surface area (Å²) >= 11 is 2.76. The first kappa shape index (κ1) is 16.5. The molecule has 1 unspecified atom stereocenters. The van der Waals surface area contributed by atoms with E-state index in [1.165, 1.54) is 23.1 Å². The maximum atomic E-state index is 12.4. The molecule has 2 aliphatic rings. The fourth-order valence-corrected chi connectivity index (χ4v) is 3.84. The second kappa shape index (κ2) is 7.05. The average molecular weight is 363 g/mol. The molecule has 1 aliphatic carbocycles. The van der Waals surface area contributed by atoms with Crippen LogP contribution in [0.15, 0.2) is 33.6 Å². The molecule has 4 amide bonds. The molecule has 24 heavy (non-hydrogen) atoms. The van der Waals surface area contributed by atoms with E-state index in [4.69, 9.17) is 0 Å². The minimum Gasteiger partial charge on any atom is -0.299 e. The second-order valence-electron chi connectivity index (χ2n) is 4.82. The highest BCUT2D eigenvalue weighted by Crippen LogP contribution is 2.25. The van der Waals surface area contributed by atoms with E-state index in [0.29, 0.717) is 10.8 Å². The molecular formula is C14H13N5O3S2. The Morgan fingerprint density at radius 2 is 2.21 bits per heavy atom. The predicted molar refractivity (Wildman–Crippen MR) is 91.3 cm³/mol. The van der Waals surface area contributed by atoms with Gasteiger partial charge in [0.1, 0.15) is 6.54 Å². The molecule has 1 aromatic rings. The zero-order chi connectivity index (χ0) is 17.1. The first-order valence-corrected chi connectivity index (χ1v) is 8.93. The largest absolute Gasteiger partial charge is 0.351 e. The van der Waals surface area contributed by atoms with E-state index in [1.54, 1.807) is 24.3 Å². The van der Waals surface area contributed by atoms with Crippen molar-refractivity contribution in [1.82, 2.24) is 15.1 Å². The number of nitrogens with zero attached hydrogens (tertiary/aromatic N) is 4. The Kier molecular flexibility index (Phi) is 4.86. The van der Waals surface area contributed by atoms with Crippen molar-refractivity contribution in [1.29, 1.82) is 0 Å². The number of rotatable bonds is 5. The molecule has 10 heteroatoms. The van der Waals surface area contributed by atoms with Crippen molar-refractivity contribution in [3.05, 3.63) is 24.3 Å². The minimum absolute atomic E-state index is 0.331. The zero-order valence-electron chi connectivity index (χ0n) is 12.6. The van der Waals surface area contributed by atoms with E-state index < -0.39 is 30.3 Å². The SMILES string of the molecule is CCSc1nnc(NC(=O)CN2C(=O)N=C3C=CC=CC3C2=O)s1. The maximum absolute atomic E-state index is 12.4. The molecule has 1 aliphatic heterocycles. The normalized spacial score (nSPS) is 19.3. The van der Waals surface area contributed by atoms with Gasteiger partial charge in [0.25, 0.3) is 0 Å². The van der Waals surface area contributed by atoms with Gasteiger partial charge >= 0.3 is 6.03 Å². The van der Waals surface area contributed by atoms with Gasteiger partial charge in [-0.25, -0.2) is 4.79 Å². The molecule has 0 fully saturated rings. The summed E-state index contributed by atoms with van der Waals surface area (Å²) in [6.45, 7) is 1.58. The lowest BCUT2D eigenvalue weighted by atomic mass is 9.95. The number of aromatic nitrogens is 2. The van der Waals surface area contributed by atoms with Crippen molar-refractivity contribution in [3.8, 4) is 0 Å². The third-order valence-electron chi connectivity index (χ3n) is 3.21. The van der Waals surface area contributed by atoms with Crippen LogP contribution in [0.5, 0.6) is 0 Å². The molecule has 0 spiro atoms. The Morgan fingerprint density at radius 3 is 3.00 bits per heavy atom. The molecule has 3 rings (SSSR count). The molecule has 1 N–H and O–H groups in total. The van der Waals surface area contributed by atoms with E-state index >= 15 is 0 Å². The summed E-state index contributed by atoms with van der Waals surface area (Å²) in [6, 6.07) is -0.735. The smallest absolute Gasteiger partial charge is 0.299 e. The fraction of sp³-hybridized carbons (Fsp3) is 0.286. The number of allylic oxidation sites excluding steroid dienone is 3. The summed E-state index contributed by atoms with van der Waals surface area (Å²) in [6.07, 6.45) is 6.69. The molecular weight excluding hydrogens is 350 g/mol. The van der Waals surface area contributed by atoms with Gasteiger partial charge in [-0.1, -0.05) is 48.3 Å². The Bertz CT molecular complexity index is 783. The van der Waals surface area contributed by atoms with Crippen molar-refractivity contribution < 1.29 is 14.4 Å². The number of urea groups is 1.